The molecule has 0 aliphatic rings. The zero-order valence-corrected chi connectivity index (χ0v) is 13.8. The van der Waals surface area contributed by atoms with Crippen LogP contribution in [0, 0.1) is 24.0 Å². The maximum Gasteiger partial charge on any atom is 0.285 e. The Kier molecular flexibility index (Phi) is 4.45. The third kappa shape index (κ3) is 3.19. The number of hydrogen-bond acceptors (Lipinski definition) is 4. The third-order valence-corrected chi connectivity index (χ3v) is 4.72. The van der Waals surface area contributed by atoms with Crippen molar-refractivity contribution >= 4 is 38.6 Å². The van der Waals surface area contributed by atoms with Crippen LogP contribution in [0.5, 0.6) is 0 Å². The number of nitro groups is 1. The predicted octanol–water partition coefficient (Wildman–Crippen LogP) is 5.21. The van der Waals surface area contributed by atoms with E-state index in [1.165, 1.54) is 15.3 Å². The Labute approximate surface area is 130 Å². The highest BCUT2D eigenvalue weighted by molar-refractivity contribution is 9.10. The van der Waals surface area contributed by atoms with Crippen molar-refractivity contribution in [2.45, 2.75) is 26.8 Å². The topological polar surface area (TPSA) is 55.2 Å². The van der Waals surface area contributed by atoms with E-state index in [2.05, 4.69) is 48.1 Å². The molecular weight excluding hydrogens is 340 g/mol. The lowest BCUT2D eigenvalue weighted by Crippen LogP contribution is -2.07. The summed E-state index contributed by atoms with van der Waals surface area (Å²) in [5.74, 6) is 0. The van der Waals surface area contributed by atoms with E-state index in [4.69, 9.17) is 0 Å². The van der Waals surface area contributed by atoms with Gasteiger partial charge in [0.1, 0.15) is 0 Å². The van der Waals surface area contributed by atoms with Gasteiger partial charge in [-0.15, -0.1) is 11.3 Å². The summed E-state index contributed by atoms with van der Waals surface area (Å²) in [6, 6.07) is 7.35. The average molecular weight is 355 g/mol. The molecule has 1 heterocycles. The van der Waals surface area contributed by atoms with E-state index in [0.29, 0.717) is 4.47 Å². The number of aryl methyl sites for hydroxylation is 2. The number of benzene rings is 1. The van der Waals surface area contributed by atoms with Crippen molar-refractivity contribution in [1.82, 2.24) is 0 Å². The Morgan fingerprint density at radius 3 is 2.60 bits per heavy atom. The first-order valence-electron chi connectivity index (χ1n) is 6.16. The fourth-order valence-corrected chi connectivity index (χ4v) is 3.56. The molecule has 1 aromatic carbocycles. The molecule has 0 bridgehead atoms. The molecule has 2 rings (SSSR count). The summed E-state index contributed by atoms with van der Waals surface area (Å²) in [6.45, 7) is 6.23. The number of halogens is 1. The van der Waals surface area contributed by atoms with Crippen molar-refractivity contribution < 1.29 is 4.92 Å². The molecule has 20 heavy (non-hydrogen) atoms. The molecule has 2 aromatic rings. The summed E-state index contributed by atoms with van der Waals surface area (Å²) >= 11 is 4.95. The van der Waals surface area contributed by atoms with Crippen LogP contribution in [0.4, 0.5) is 11.4 Å². The summed E-state index contributed by atoms with van der Waals surface area (Å²) in [5, 5.41) is 14.3. The van der Waals surface area contributed by atoms with Crippen LogP contribution in [0.3, 0.4) is 0 Å². The molecule has 0 aliphatic heterocycles. The second kappa shape index (κ2) is 5.93. The summed E-state index contributed by atoms with van der Waals surface area (Å²) in [5.41, 5.74) is 2.05. The van der Waals surface area contributed by atoms with Crippen molar-refractivity contribution in [2.24, 2.45) is 0 Å². The second-order valence-corrected chi connectivity index (χ2v) is 6.97. The lowest BCUT2D eigenvalue weighted by atomic mass is 10.1. The number of hydrogen-bond donors (Lipinski definition) is 1. The second-order valence-electron chi connectivity index (χ2n) is 4.66. The Hall–Kier alpha value is -1.40. The van der Waals surface area contributed by atoms with Crippen molar-refractivity contribution in [2.75, 3.05) is 5.32 Å². The number of nitrogens with one attached hydrogen (secondary N) is 1. The van der Waals surface area contributed by atoms with Gasteiger partial charge in [0.15, 0.2) is 0 Å². The van der Waals surface area contributed by atoms with E-state index in [0.717, 1.165) is 5.69 Å². The van der Waals surface area contributed by atoms with Crippen molar-refractivity contribution in [3.05, 3.63) is 54.2 Å². The first-order valence-corrected chi connectivity index (χ1v) is 7.77. The van der Waals surface area contributed by atoms with Crippen LogP contribution in [0.25, 0.3) is 0 Å². The first kappa shape index (κ1) is 15.0. The third-order valence-electron chi connectivity index (χ3n) is 3.07. The van der Waals surface area contributed by atoms with Gasteiger partial charge >= 0.3 is 0 Å². The summed E-state index contributed by atoms with van der Waals surface area (Å²) in [4.78, 5) is 13.1. The first-order chi connectivity index (χ1) is 9.38. The van der Waals surface area contributed by atoms with Gasteiger partial charge in [-0.05, 0) is 60.5 Å². The largest absolute Gasteiger partial charge is 0.378 e. The van der Waals surface area contributed by atoms with Crippen LogP contribution < -0.4 is 5.32 Å². The highest BCUT2D eigenvalue weighted by Gasteiger charge is 2.15. The van der Waals surface area contributed by atoms with Gasteiger partial charge in [0.2, 0.25) is 0 Å². The Morgan fingerprint density at radius 1 is 1.35 bits per heavy atom. The van der Waals surface area contributed by atoms with Gasteiger partial charge in [0, 0.05) is 27.5 Å². The van der Waals surface area contributed by atoms with Gasteiger partial charge in [0.05, 0.1) is 9.40 Å². The molecule has 0 saturated heterocycles. The molecule has 1 N–H and O–H groups in total. The average Bonchev–Trinajstić information content (AvgIpc) is 2.70. The molecule has 0 fully saturated rings. The molecule has 0 radical (unpaired) electrons. The van der Waals surface area contributed by atoms with Gasteiger partial charge in [-0.2, -0.15) is 0 Å². The lowest BCUT2D eigenvalue weighted by molar-refractivity contribution is -0.385. The standard InChI is InChI=1S/C14H15BrN2O2S/c1-8-6-12(10(3)20-8)9(2)16-11-4-5-13(15)14(7-11)17(18)19/h4-7,9,16H,1-3H3. The van der Waals surface area contributed by atoms with Crippen LogP contribution in [-0.2, 0) is 0 Å². The molecule has 1 atom stereocenters. The van der Waals surface area contributed by atoms with Crippen LogP contribution in [0.1, 0.15) is 28.3 Å². The normalized spacial score (nSPS) is 12.2. The SMILES string of the molecule is Cc1cc(C(C)Nc2ccc(Br)c([N+](=O)[O-])c2)c(C)s1. The minimum absolute atomic E-state index is 0.0698. The van der Waals surface area contributed by atoms with Crippen LogP contribution >= 0.6 is 27.3 Å². The molecule has 4 nitrogen and oxygen atoms in total. The summed E-state index contributed by atoms with van der Waals surface area (Å²) in [6.07, 6.45) is 0. The number of nitrogens with zero attached hydrogens (tertiary/aromatic N) is 1. The highest BCUT2D eigenvalue weighted by atomic mass is 79.9. The van der Waals surface area contributed by atoms with Crippen molar-refractivity contribution in [3.63, 3.8) is 0 Å². The molecular formula is C14H15BrN2O2S. The van der Waals surface area contributed by atoms with Gasteiger partial charge in [-0.3, -0.25) is 10.1 Å². The lowest BCUT2D eigenvalue weighted by Gasteiger charge is -2.15. The van der Waals surface area contributed by atoms with E-state index in [-0.39, 0.29) is 16.7 Å². The molecule has 6 heteroatoms. The van der Waals surface area contributed by atoms with E-state index in [1.54, 1.807) is 23.5 Å². The number of rotatable bonds is 4. The molecule has 1 unspecified atom stereocenters. The summed E-state index contributed by atoms with van der Waals surface area (Å²) < 4.78 is 0.489. The number of thiophene rings is 1. The fourth-order valence-electron chi connectivity index (χ4n) is 2.15. The Morgan fingerprint density at radius 2 is 2.05 bits per heavy atom. The minimum atomic E-state index is -0.389. The Bertz CT molecular complexity index is 655. The molecule has 1 aromatic heterocycles. The highest BCUT2D eigenvalue weighted by Crippen LogP contribution is 2.32. The maximum atomic E-state index is 10.9. The predicted molar refractivity (Wildman–Crippen MR) is 86.6 cm³/mol. The fraction of sp³-hybridized carbons (Fsp3) is 0.286. The smallest absolute Gasteiger partial charge is 0.285 e. The Balaban J connectivity index is 2.24. The van der Waals surface area contributed by atoms with E-state index < -0.39 is 0 Å². The van der Waals surface area contributed by atoms with E-state index in [9.17, 15) is 10.1 Å². The molecule has 0 saturated carbocycles. The van der Waals surface area contributed by atoms with Crippen LogP contribution in [-0.4, -0.2) is 4.92 Å². The van der Waals surface area contributed by atoms with Crippen LogP contribution in [0.15, 0.2) is 28.7 Å². The van der Waals surface area contributed by atoms with Crippen molar-refractivity contribution in [3.8, 4) is 0 Å². The molecule has 0 aliphatic carbocycles. The maximum absolute atomic E-state index is 10.9. The monoisotopic (exact) mass is 354 g/mol. The van der Waals surface area contributed by atoms with E-state index >= 15 is 0 Å². The molecule has 0 spiro atoms. The van der Waals surface area contributed by atoms with Gasteiger partial charge < -0.3 is 5.32 Å². The van der Waals surface area contributed by atoms with Gasteiger partial charge in [-0.1, -0.05) is 0 Å². The summed E-state index contributed by atoms with van der Waals surface area (Å²) in [7, 11) is 0. The minimum Gasteiger partial charge on any atom is -0.378 e. The zero-order valence-electron chi connectivity index (χ0n) is 11.4. The van der Waals surface area contributed by atoms with Gasteiger partial charge in [0.25, 0.3) is 5.69 Å². The molecule has 106 valence electrons. The van der Waals surface area contributed by atoms with E-state index in [1.807, 2.05) is 6.07 Å². The van der Waals surface area contributed by atoms with Crippen molar-refractivity contribution in [1.29, 1.82) is 0 Å². The quantitative estimate of drug-likeness (QED) is 0.605. The van der Waals surface area contributed by atoms with Crippen LogP contribution in [0.2, 0.25) is 0 Å². The van der Waals surface area contributed by atoms with Gasteiger partial charge in [-0.25, -0.2) is 0 Å². The number of nitro benzene ring substituents is 1. The number of anilines is 1. The molecule has 0 amide bonds. The zero-order chi connectivity index (χ0) is 14.9.